The molecule has 0 aliphatic carbocycles. The zero-order valence-corrected chi connectivity index (χ0v) is 6.25. The second-order valence-corrected chi connectivity index (χ2v) is 2.18. The first kappa shape index (κ1) is 7.81. The van der Waals surface area contributed by atoms with Crippen LogP contribution in [0.1, 0.15) is 0 Å². The minimum atomic E-state index is 0.592. The fourth-order valence-corrected chi connectivity index (χ4v) is 0.760. The number of nitrogen functional groups attached to an aromatic ring is 1. The van der Waals surface area contributed by atoms with Crippen molar-refractivity contribution in [2.75, 3.05) is 24.1 Å². The summed E-state index contributed by atoms with van der Waals surface area (Å²) < 4.78 is 0. The topological polar surface area (TPSA) is 77.0 Å². The maximum Gasteiger partial charge on any atom is 0.0760 e. The van der Waals surface area contributed by atoms with Gasteiger partial charge in [0, 0.05) is 19.3 Å². The maximum absolute atomic E-state index is 5.62. The molecule has 0 aliphatic heterocycles. The van der Waals surface area contributed by atoms with E-state index in [0.717, 1.165) is 12.2 Å². The van der Waals surface area contributed by atoms with Gasteiger partial charge < -0.3 is 16.8 Å². The van der Waals surface area contributed by atoms with Crippen molar-refractivity contribution < 1.29 is 0 Å². The zero-order chi connectivity index (χ0) is 8.10. The van der Waals surface area contributed by atoms with Gasteiger partial charge in [0.2, 0.25) is 0 Å². The number of anilines is 2. The molecule has 0 aliphatic rings. The lowest BCUT2D eigenvalue weighted by atomic mass is 10.3. The molecule has 0 spiro atoms. The van der Waals surface area contributed by atoms with E-state index >= 15 is 0 Å². The van der Waals surface area contributed by atoms with Crippen LogP contribution >= 0.6 is 0 Å². The molecule has 4 heteroatoms. The van der Waals surface area contributed by atoms with E-state index in [2.05, 4.69) is 10.3 Å². The Morgan fingerprint density at radius 3 is 3.00 bits per heavy atom. The van der Waals surface area contributed by atoms with Crippen LogP contribution in [0.25, 0.3) is 0 Å². The molecular weight excluding hydrogens is 140 g/mol. The lowest BCUT2D eigenvalue weighted by molar-refractivity contribution is 1.02. The number of pyridine rings is 1. The molecule has 1 heterocycles. The largest absolute Gasteiger partial charge is 0.397 e. The summed E-state index contributed by atoms with van der Waals surface area (Å²) in [6.45, 7) is 1.31. The molecule has 60 valence electrons. The second-order valence-electron chi connectivity index (χ2n) is 2.18. The predicted octanol–water partition coefficient (Wildman–Crippen LogP) is 0.0344. The summed E-state index contributed by atoms with van der Waals surface area (Å²) in [6, 6.07) is 1.75. The Kier molecular flexibility index (Phi) is 2.68. The summed E-state index contributed by atoms with van der Waals surface area (Å²) in [7, 11) is 0. The van der Waals surface area contributed by atoms with Crippen molar-refractivity contribution in [1.29, 1.82) is 0 Å². The third kappa shape index (κ3) is 2.09. The molecule has 4 nitrogen and oxygen atoms in total. The summed E-state index contributed by atoms with van der Waals surface area (Å²) in [6.07, 6.45) is 3.34. The smallest absolute Gasteiger partial charge is 0.0760 e. The van der Waals surface area contributed by atoms with Gasteiger partial charge in [-0.25, -0.2) is 0 Å². The van der Waals surface area contributed by atoms with E-state index in [-0.39, 0.29) is 0 Å². The second kappa shape index (κ2) is 3.78. The molecule has 0 aromatic carbocycles. The van der Waals surface area contributed by atoms with Crippen molar-refractivity contribution in [1.82, 2.24) is 4.98 Å². The van der Waals surface area contributed by atoms with Gasteiger partial charge in [0.25, 0.3) is 0 Å². The summed E-state index contributed by atoms with van der Waals surface area (Å²) >= 11 is 0. The van der Waals surface area contributed by atoms with Crippen molar-refractivity contribution in [3.05, 3.63) is 18.5 Å². The van der Waals surface area contributed by atoms with Crippen LogP contribution in [0.3, 0.4) is 0 Å². The van der Waals surface area contributed by atoms with Crippen molar-refractivity contribution in [2.45, 2.75) is 0 Å². The van der Waals surface area contributed by atoms with Crippen LogP contribution in [0, 0.1) is 0 Å². The van der Waals surface area contributed by atoms with Crippen LogP contribution in [-0.2, 0) is 0 Å². The molecule has 0 unspecified atom stereocenters. The summed E-state index contributed by atoms with van der Waals surface area (Å²) in [5.41, 5.74) is 12.5. The quantitative estimate of drug-likeness (QED) is 0.571. The highest BCUT2D eigenvalue weighted by molar-refractivity contribution is 5.63. The highest BCUT2D eigenvalue weighted by atomic mass is 14.9. The molecule has 0 fully saturated rings. The van der Waals surface area contributed by atoms with Crippen molar-refractivity contribution >= 4 is 11.4 Å². The van der Waals surface area contributed by atoms with Crippen molar-refractivity contribution in [3.8, 4) is 0 Å². The van der Waals surface area contributed by atoms with E-state index < -0.39 is 0 Å². The fraction of sp³-hybridized carbons (Fsp3) is 0.286. The molecule has 0 radical (unpaired) electrons. The molecule has 0 saturated carbocycles. The Bertz CT molecular complexity index is 223. The van der Waals surface area contributed by atoms with Crippen LogP contribution in [-0.4, -0.2) is 18.1 Å². The number of hydrogen-bond acceptors (Lipinski definition) is 4. The predicted molar refractivity (Wildman–Crippen MR) is 46.2 cm³/mol. The Labute approximate surface area is 65.6 Å². The summed E-state index contributed by atoms with van der Waals surface area (Å²) in [4.78, 5) is 3.92. The van der Waals surface area contributed by atoms with E-state index in [4.69, 9.17) is 11.5 Å². The standard InChI is InChI=1S/C7H12N4/c8-2-4-11-7-5-10-3-1-6(7)9/h1,3,5,11H,2,4,8H2,(H2,9,10). The number of aromatic nitrogens is 1. The van der Waals surface area contributed by atoms with Crippen LogP contribution in [0.4, 0.5) is 11.4 Å². The van der Waals surface area contributed by atoms with Crippen LogP contribution in [0.5, 0.6) is 0 Å². The van der Waals surface area contributed by atoms with Crippen LogP contribution in [0.2, 0.25) is 0 Å². The van der Waals surface area contributed by atoms with Gasteiger partial charge in [-0.05, 0) is 6.07 Å². The van der Waals surface area contributed by atoms with Gasteiger partial charge in [-0.1, -0.05) is 0 Å². The molecule has 0 amide bonds. The normalized spacial score (nSPS) is 9.55. The summed E-state index contributed by atoms with van der Waals surface area (Å²) in [5, 5.41) is 3.05. The van der Waals surface area contributed by atoms with Crippen molar-refractivity contribution in [2.24, 2.45) is 5.73 Å². The molecule has 1 rings (SSSR count). The molecule has 1 aromatic rings. The van der Waals surface area contributed by atoms with Gasteiger partial charge in [-0.3, -0.25) is 4.98 Å². The minimum Gasteiger partial charge on any atom is -0.397 e. The van der Waals surface area contributed by atoms with Crippen LogP contribution < -0.4 is 16.8 Å². The third-order valence-electron chi connectivity index (χ3n) is 1.31. The first-order valence-electron chi connectivity index (χ1n) is 3.48. The molecule has 0 atom stereocenters. The number of nitrogens with zero attached hydrogens (tertiary/aromatic N) is 1. The first-order valence-corrected chi connectivity index (χ1v) is 3.48. The monoisotopic (exact) mass is 152 g/mol. The molecular formula is C7H12N4. The Hall–Kier alpha value is -1.29. The third-order valence-corrected chi connectivity index (χ3v) is 1.31. The van der Waals surface area contributed by atoms with E-state index in [9.17, 15) is 0 Å². The summed E-state index contributed by atoms with van der Waals surface area (Å²) in [5.74, 6) is 0. The molecule has 11 heavy (non-hydrogen) atoms. The fourth-order valence-electron chi connectivity index (χ4n) is 0.760. The van der Waals surface area contributed by atoms with Gasteiger partial charge in [-0.2, -0.15) is 0 Å². The molecule has 0 saturated heterocycles. The number of nitrogens with two attached hydrogens (primary N) is 2. The average Bonchev–Trinajstić information content (AvgIpc) is 2.03. The molecule has 1 aromatic heterocycles. The minimum absolute atomic E-state index is 0.592. The lowest BCUT2D eigenvalue weighted by Crippen LogP contribution is -2.14. The Morgan fingerprint density at radius 2 is 2.36 bits per heavy atom. The van der Waals surface area contributed by atoms with Gasteiger partial charge >= 0.3 is 0 Å². The zero-order valence-electron chi connectivity index (χ0n) is 6.25. The van der Waals surface area contributed by atoms with E-state index in [1.54, 1.807) is 18.5 Å². The maximum atomic E-state index is 5.62. The van der Waals surface area contributed by atoms with E-state index in [1.807, 2.05) is 0 Å². The van der Waals surface area contributed by atoms with Gasteiger partial charge in [0.05, 0.1) is 17.6 Å². The number of rotatable bonds is 3. The Morgan fingerprint density at radius 1 is 1.55 bits per heavy atom. The lowest BCUT2D eigenvalue weighted by Gasteiger charge is -2.05. The van der Waals surface area contributed by atoms with Crippen LogP contribution in [0.15, 0.2) is 18.5 Å². The van der Waals surface area contributed by atoms with E-state index in [0.29, 0.717) is 12.2 Å². The van der Waals surface area contributed by atoms with Gasteiger partial charge in [-0.15, -0.1) is 0 Å². The SMILES string of the molecule is NCCNc1cnccc1N. The molecule has 0 bridgehead atoms. The highest BCUT2D eigenvalue weighted by Gasteiger charge is 1.94. The molecule has 5 N–H and O–H groups in total. The van der Waals surface area contributed by atoms with Gasteiger partial charge in [0.1, 0.15) is 0 Å². The number of nitrogens with one attached hydrogen (secondary N) is 1. The number of hydrogen-bond donors (Lipinski definition) is 3. The highest BCUT2D eigenvalue weighted by Crippen LogP contribution is 2.13. The van der Waals surface area contributed by atoms with E-state index in [1.165, 1.54) is 0 Å². The van der Waals surface area contributed by atoms with Crippen molar-refractivity contribution in [3.63, 3.8) is 0 Å². The first-order chi connectivity index (χ1) is 5.34. The average molecular weight is 152 g/mol. The van der Waals surface area contributed by atoms with Gasteiger partial charge in [0.15, 0.2) is 0 Å². The Balaban J connectivity index is 2.62.